The summed E-state index contributed by atoms with van der Waals surface area (Å²) in [6, 6.07) is 9.61. The molecule has 0 aliphatic heterocycles. The highest BCUT2D eigenvalue weighted by Gasteiger charge is 2.40. The number of nitrogens with one attached hydrogen (secondary N) is 1. The molecule has 1 aliphatic rings. The van der Waals surface area contributed by atoms with E-state index in [0.717, 1.165) is 24.4 Å². The Morgan fingerprint density at radius 1 is 1.25 bits per heavy atom. The molecule has 88 valence electrons. The zero-order valence-corrected chi connectivity index (χ0v) is 10.7. The monoisotopic (exact) mass is 217 g/mol. The van der Waals surface area contributed by atoms with E-state index in [2.05, 4.69) is 50.4 Å². The first-order valence-corrected chi connectivity index (χ1v) is 6.56. The minimum Gasteiger partial charge on any atom is -0.314 e. The minimum absolute atomic E-state index is 0.750. The van der Waals surface area contributed by atoms with E-state index >= 15 is 0 Å². The Kier molecular flexibility index (Phi) is 3.65. The van der Waals surface area contributed by atoms with Crippen LogP contribution in [0.2, 0.25) is 0 Å². The van der Waals surface area contributed by atoms with E-state index in [-0.39, 0.29) is 0 Å². The van der Waals surface area contributed by atoms with Gasteiger partial charge in [0, 0.05) is 6.04 Å². The summed E-state index contributed by atoms with van der Waals surface area (Å²) in [6.07, 6.45) is 2.61. The molecule has 3 atom stereocenters. The van der Waals surface area contributed by atoms with Gasteiger partial charge >= 0.3 is 0 Å². The van der Waals surface area contributed by atoms with Crippen LogP contribution in [-0.4, -0.2) is 12.6 Å². The molecule has 1 heteroatoms. The van der Waals surface area contributed by atoms with Crippen molar-refractivity contribution in [2.45, 2.75) is 45.6 Å². The topological polar surface area (TPSA) is 12.0 Å². The molecule has 1 aromatic rings. The maximum Gasteiger partial charge on any atom is 0.0107 e. The van der Waals surface area contributed by atoms with Crippen molar-refractivity contribution in [2.75, 3.05) is 6.54 Å². The van der Waals surface area contributed by atoms with E-state index in [1.807, 2.05) is 0 Å². The average molecular weight is 217 g/mol. The SMILES string of the molecule is CCNC1CC(c2ccccc2C)C1CC. The summed E-state index contributed by atoms with van der Waals surface area (Å²) in [5.74, 6) is 1.62. The van der Waals surface area contributed by atoms with Crippen LogP contribution in [0, 0.1) is 12.8 Å². The van der Waals surface area contributed by atoms with E-state index in [4.69, 9.17) is 0 Å². The van der Waals surface area contributed by atoms with Crippen molar-refractivity contribution in [1.29, 1.82) is 0 Å². The molecule has 0 aromatic heterocycles. The molecule has 1 N–H and O–H groups in total. The van der Waals surface area contributed by atoms with E-state index in [0.29, 0.717) is 0 Å². The summed E-state index contributed by atoms with van der Waals surface area (Å²) >= 11 is 0. The summed E-state index contributed by atoms with van der Waals surface area (Å²) in [7, 11) is 0. The van der Waals surface area contributed by atoms with Crippen molar-refractivity contribution >= 4 is 0 Å². The molecule has 0 spiro atoms. The lowest BCUT2D eigenvalue weighted by Crippen LogP contribution is -2.49. The predicted octanol–water partition coefficient (Wildman–Crippen LogP) is 3.49. The standard InChI is InChI=1S/C15H23N/c1-4-12-14(10-15(12)16-5-2)13-9-7-6-8-11(13)3/h6-9,12,14-16H,4-5,10H2,1-3H3. The van der Waals surface area contributed by atoms with Crippen molar-refractivity contribution in [3.05, 3.63) is 35.4 Å². The van der Waals surface area contributed by atoms with E-state index in [1.54, 1.807) is 5.56 Å². The van der Waals surface area contributed by atoms with Crippen molar-refractivity contribution in [2.24, 2.45) is 5.92 Å². The van der Waals surface area contributed by atoms with E-state index in [1.165, 1.54) is 18.4 Å². The maximum atomic E-state index is 3.60. The van der Waals surface area contributed by atoms with E-state index < -0.39 is 0 Å². The fourth-order valence-corrected chi connectivity index (χ4v) is 3.13. The molecule has 0 saturated heterocycles. The summed E-state index contributed by atoms with van der Waals surface area (Å²) in [5, 5.41) is 3.60. The van der Waals surface area contributed by atoms with Gasteiger partial charge in [0.1, 0.15) is 0 Å². The largest absolute Gasteiger partial charge is 0.314 e. The van der Waals surface area contributed by atoms with Crippen LogP contribution in [0.3, 0.4) is 0 Å². The van der Waals surface area contributed by atoms with Gasteiger partial charge in [-0.2, -0.15) is 0 Å². The third-order valence-corrected chi connectivity index (χ3v) is 4.07. The minimum atomic E-state index is 0.750. The van der Waals surface area contributed by atoms with Gasteiger partial charge in [-0.05, 0) is 42.9 Å². The van der Waals surface area contributed by atoms with Gasteiger partial charge < -0.3 is 5.32 Å². The first-order chi connectivity index (χ1) is 7.77. The molecule has 1 saturated carbocycles. The molecule has 2 rings (SSSR count). The fraction of sp³-hybridized carbons (Fsp3) is 0.600. The Bertz CT molecular complexity index is 345. The molecule has 16 heavy (non-hydrogen) atoms. The Morgan fingerprint density at radius 3 is 2.62 bits per heavy atom. The second kappa shape index (κ2) is 5.01. The highest BCUT2D eigenvalue weighted by atomic mass is 14.9. The number of hydrogen-bond acceptors (Lipinski definition) is 1. The first kappa shape index (κ1) is 11.7. The zero-order chi connectivity index (χ0) is 11.5. The number of aryl methyl sites for hydroxylation is 1. The molecule has 0 heterocycles. The molecule has 0 radical (unpaired) electrons. The number of rotatable bonds is 4. The first-order valence-electron chi connectivity index (χ1n) is 6.56. The number of hydrogen-bond donors (Lipinski definition) is 1. The van der Waals surface area contributed by atoms with Crippen LogP contribution < -0.4 is 5.32 Å². The van der Waals surface area contributed by atoms with Crippen molar-refractivity contribution in [3.8, 4) is 0 Å². The van der Waals surface area contributed by atoms with E-state index in [9.17, 15) is 0 Å². The summed E-state index contributed by atoms with van der Waals surface area (Å²) < 4.78 is 0. The highest BCUT2D eigenvalue weighted by Crippen LogP contribution is 2.45. The molecule has 1 aromatic carbocycles. The molecule has 1 nitrogen and oxygen atoms in total. The Morgan fingerprint density at radius 2 is 2.00 bits per heavy atom. The summed E-state index contributed by atoms with van der Waals surface area (Å²) in [5.41, 5.74) is 3.03. The molecule has 0 bridgehead atoms. The summed E-state index contributed by atoms with van der Waals surface area (Å²) in [6.45, 7) is 7.86. The summed E-state index contributed by atoms with van der Waals surface area (Å²) in [4.78, 5) is 0. The lowest BCUT2D eigenvalue weighted by atomic mass is 9.64. The lowest BCUT2D eigenvalue weighted by molar-refractivity contribution is 0.162. The average Bonchev–Trinajstić information content (AvgIpc) is 2.26. The quantitative estimate of drug-likeness (QED) is 0.814. The van der Waals surface area contributed by atoms with Gasteiger partial charge in [-0.15, -0.1) is 0 Å². The molecule has 1 fully saturated rings. The molecule has 0 amide bonds. The lowest BCUT2D eigenvalue weighted by Gasteiger charge is -2.46. The van der Waals surface area contributed by atoms with Crippen LogP contribution >= 0.6 is 0 Å². The maximum absolute atomic E-state index is 3.60. The van der Waals surface area contributed by atoms with Crippen LogP contribution in [0.5, 0.6) is 0 Å². The zero-order valence-electron chi connectivity index (χ0n) is 10.7. The van der Waals surface area contributed by atoms with Crippen LogP contribution in [0.1, 0.15) is 43.7 Å². The van der Waals surface area contributed by atoms with Crippen LogP contribution in [0.4, 0.5) is 0 Å². The fourth-order valence-electron chi connectivity index (χ4n) is 3.13. The Hall–Kier alpha value is -0.820. The van der Waals surface area contributed by atoms with Gasteiger partial charge in [0.25, 0.3) is 0 Å². The van der Waals surface area contributed by atoms with Gasteiger partial charge in [-0.1, -0.05) is 44.5 Å². The number of benzene rings is 1. The second-order valence-corrected chi connectivity index (χ2v) is 4.94. The van der Waals surface area contributed by atoms with Gasteiger partial charge in [0.15, 0.2) is 0 Å². The Balaban J connectivity index is 2.10. The third kappa shape index (κ3) is 2.01. The molecular formula is C15H23N. The van der Waals surface area contributed by atoms with Crippen LogP contribution in [0.15, 0.2) is 24.3 Å². The molecule has 1 aliphatic carbocycles. The Labute approximate surface area is 99.3 Å². The smallest absolute Gasteiger partial charge is 0.0107 e. The van der Waals surface area contributed by atoms with Crippen molar-refractivity contribution < 1.29 is 0 Å². The third-order valence-electron chi connectivity index (χ3n) is 4.07. The highest BCUT2D eigenvalue weighted by molar-refractivity contribution is 5.32. The van der Waals surface area contributed by atoms with Crippen LogP contribution in [-0.2, 0) is 0 Å². The van der Waals surface area contributed by atoms with Crippen molar-refractivity contribution in [1.82, 2.24) is 5.32 Å². The molecule has 3 unspecified atom stereocenters. The van der Waals surface area contributed by atoms with Gasteiger partial charge in [-0.3, -0.25) is 0 Å². The molecular weight excluding hydrogens is 194 g/mol. The van der Waals surface area contributed by atoms with Crippen molar-refractivity contribution in [3.63, 3.8) is 0 Å². The van der Waals surface area contributed by atoms with Gasteiger partial charge in [0.2, 0.25) is 0 Å². The van der Waals surface area contributed by atoms with Crippen LogP contribution in [0.25, 0.3) is 0 Å². The normalized spacial score (nSPS) is 28.8. The van der Waals surface area contributed by atoms with Gasteiger partial charge in [0.05, 0.1) is 0 Å². The second-order valence-electron chi connectivity index (χ2n) is 4.94. The van der Waals surface area contributed by atoms with Gasteiger partial charge in [-0.25, -0.2) is 0 Å². The predicted molar refractivity (Wildman–Crippen MR) is 69.8 cm³/mol.